The second kappa shape index (κ2) is 7.40. The van der Waals surface area contributed by atoms with E-state index >= 15 is 0 Å². The van der Waals surface area contributed by atoms with Crippen LogP contribution in [0.3, 0.4) is 0 Å². The standard InChI is InChI=1S/C24H22Cl2N2O/c1-15-12-18(25)19(26)13-20(15)27-14-23(29)28-21-10-6-4-8-16(21)24(2,3)17-9-5-7-11-22(17)28/h4-13,27H,14H2,1-3H3. The number of fused-ring (bicyclic) bond motifs is 2. The maximum Gasteiger partial charge on any atom is 0.250 e. The van der Waals surface area contributed by atoms with Crippen LogP contribution in [0.25, 0.3) is 0 Å². The summed E-state index contributed by atoms with van der Waals surface area (Å²) in [6.07, 6.45) is 0. The summed E-state index contributed by atoms with van der Waals surface area (Å²) in [5, 5.41) is 4.19. The van der Waals surface area contributed by atoms with Crippen molar-refractivity contribution in [3.63, 3.8) is 0 Å². The number of anilines is 3. The molecule has 0 radical (unpaired) electrons. The van der Waals surface area contributed by atoms with E-state index in [2.05, 4.69) is 31.3 Å². The van der Waals surface area contributed by atoms with E-state index in [1.54, 1.807) is 12.1 Å². The van der Waals surface area contributed by atoms with Crippen molar-refractivity contribution in [3.05, 3.63) is 87.4 Å². The number of hydrogen-bond acceptors (Lipinski definition) is 2. The monoisotopic (exact) mass is 424 g/mol. The zero-order valence-electron chi connectivity index (χ0n) is 16.6. The van der Waals surface area contributed by atoms with Crippen LogP contribution in [0.5, 0.6) is 0 Å². The zero-order valence-corrected chi connectivity index (χ0v) is 18.1. The van der Waals surface area contributed by atoms with Gasteiger partial charge in [-0.15, -0.1) is 0 Å². The van der Waals surface area contributed by atoms with Gasteiger partial charge in [-0.25, -0.2) is 0 Å². The molecule has 3 nitrogen and oxygen atoms in total. The van der Waals surface area contributed by atoms with Crippen LogP contribution in [0.15, 0.2) is 60.7 Å². The number of carbonyl (C=O) groups excluding carboxylic acids is 1. The molecule has 1 aliphatic rings. The molecule has 0 saturated heterocycles. The molecule has 3 aromatic carbocycles. The zero-order chi connectivity index (χ0) is 20.8. The van der Waals surface area contributed by atoms with Crippen LogP contribution < -0.4 is 10.2 Å². The van der Waals surface area contributed by atoms with Gasteiger partial charge in [0.1, 0.15) is 0 Å². The van der Waals surface area contributed by atoms with Crippen molar-refractivity contribution in [3.8, 4) is 0 Å². The number of amides is 1. The Balaban J connectivity index is 1.70. The fraction of sp³-hybridized carbons (Fsp3) is 0.208. The van der Waals surface area contributed by atoms with Crippen LogP contribution >= 0.6 is 23.2 Å². The maximum atomic E-state index is 13.4. The highest BCUT2D eigenvalue weighted by atomic mass is 35.5. The third-order valence-corrected chi connectivity index (χ3v) is 6.31. The van der Waals surface area contributed by atoms with E-state index in [1.807, 2.05) is 48.2 Å². The molecule has 3 aromatic rings. The minimum Gasteiger partial charge on any atom is -0.376 e. The smallest absolute Gasteiger partial charge is 0.250 e. The lowest BCUT2D eigenvalue weighted by molar-refractivity contribution is -0.116. The molecule has 0 spiro atoms. The predicted octanol–water partition coefficient (Wildman–Crippen LogP) is 6.72. The van der Waals surface area contributed by atoms with Gasteiger partial charge in [-0.1, -0.05) is 73.4 Å². The summed E-state index contributed by atoms with van der Waals surface area (Å²) in [7, 11) is 0. The SMILES string of the molecule is Cc1cc(Cl)c(Cl)cc1NCC(=O)N1c2ccccc2C(C)(C)c2ccccc21. The lowest BCUT2D eigenvalue weighted by atomic mass is 9.73. The quantitative estimate of drug-likeness (QED) is 0.505. The van der Waals surface area contributed by atoms with E-state index < -0.39 is 0 Å². The van der Waals surface area contributed by atoms with Gasteiger partial charge in [0.2, 0.25) is 0 Å². The summed E-state index contributed by atoms with van der Waals surface area (Å²) < 4.78 is 0. The molecule has 5 heteroatoms. The normalized spacial score (nSPS) is 14.2. The molecule has 1 heterocycles. The van der Waals surface area contributed by atoms with Gasteiger partial charge in [-0.3, -0.25) is 9.69 Å². The van der Waals surface area contributed by atoms with Gasteiger partial charge in [-0.05, 0) is 47.9 Å². The number of para-hydroxylation sites is 2. The molecular formula is C24H22Cl2N2O. The molecule has 1 N–H and O–H groups in total. The Bertz CT molecular complexity index is 1060. The Kier molecular flexibility index (Phi) is 5.05. The first-order chi connectivity index (χ1) is 13.8. The van der Waals surface area contributed by atoms with Gasteiger partial charge in [0, 0.05) is 11.1 Å². The van der Waals surface area contributed by atoms with Crippen LogP contribution in [-0.2, 0) is 10.2 Å². The average molecular weight is 425 g/mol. The Labute approximate surface area is 181 Å². The van der Waals surface area contributed by atoms with Gasteiger partial charge in [0.05, 0.1) is 28.0 Å². The molecule has 1 amide bonds. The van der Waals surface area contributed by atoms with Crippen molar-refractivity contribution in [2.45, 2.75) is 26.2 Å². The van der Waals surface area contributed by atoms with E-state index in [0.717, 1.165) is 33.8 Å². The van der Waals surface area contributed by atoms with E-state index in [9.17, 15) is 4.79 Å². The minimum absolute atomic E-state index is 0.0362. The Morgan fingerprint density at radius 1 is 0.931 bits per heavy atom. The first-order valence-corrected chi connectivity index (χ1v) is 10.3. The molecule has 0 fully saturated rings. The molecule has 0 aromatic heterocycles. The molecule has 4 rings (SSSR count). The average Bonchev–Trinajstić information content (AvgIpc) is 2.70. The predicted molar refractivity (Wildman–Crippen MR) is 122 cm³/mol. The van der Waals surface area contributed by atoms with Crippen molar-refractivity contribution in [1.29, 1.82) is 0 Å². The van der Waals surface area contributed by atoms with E-state index in [4.69, 9.17) is 23.2 Å². The summed E-state index contributed by atoms with van der Waals surface area (Å²) in [6.45, 7) is 6.47. The molecule has 0 bridgehead atoms. The third kappa shape index (κ3) is 3.39. The number of rotatable bonds is 3. The number of halogens is 2. The topological polar surface area (TPSA) is 32.3 Å². The summed E-state index contributed by atoms with van der Waals surface area (Å²) in [6, 6.07) is 19.8. The molecule has 0 saturated carbocycles. The second-order valence-corrected chi connectivity index (χ2v) is 8.64. The highest BCUT2D eigenvalue weighted by Crippen LogP contribution is 2.48. The number of nitrogens with zero attached hydrogens (tertiary/aromatic N) is 1. The summed E-state index contributed by atoms with van der Waals surface area (Å²) in [5.41, 5.74) is 5.68. The fourth-order valence-electron chi connectivity index (χ4n) is 4.02. The van der Waals surface area contributed by atoms with Crippen molar-refractivity contribution in [1.82, 2.24) is 0 Å². The highest BCUT2D eigenvalue weighted by molar-refractivity contribution is 6.42. The van der Waals surface area contributed by atoms with Crippen LogP contribution in [0.2, 0.25) is 10.0 Å². The lowest BCUT2D eigenvalue weighted by Crippen LogP contribution is -2.39. The Morgan fingerprint density at radius 3 is 2.03 bits per heavy atom. The van der Waals surface area contributed by atoms with Crippen LogP contribution in [0.4, 0.5) is 17.1 Å². The van der Waals surface area contributed by atoms with Gasteiger partial charge < -0.3 is 5.32 Å². The molecule has 148 valence electrons. The summed E-state index contributed by atoms with van der Waals surface area (Å²) >= 11 is 12.2. The molecule has 1 aliphatic heterocycles. The molecule has 0 unspecified atom stereocenters. The molecule has 0 aliphatic carbocycles. The fourth-order valence-corrected chi connectivity index (χ4v) is 4.41. The van der Waals surface area contributed by atoms with Crippen LogP contribution in [0.1, 0.15) is 30.5 Å². The third-order valence-electron chi connectivity index (χ3n) is 5.58. The number of hydrogen-bond donors (Lipinski definition) is 1. The van der Waals surface area contributed by atoms with Gasteiger partial charge >= 0.3 is 0 Å². The van der Waals surface area contributed by atoms with E-state index in [0.29, 0.717) is 10.0 Å². The number of benzene rings is 3. The maximum absolute atomic E-state index is 13.4. The summed E-state index contributed by atoms with van der Waals surface area (Å²) in [5.74, 6) is -0.0362. The second-order valence-electron chi connectivity index (χ2n) is 7.82. The van der Waals surface area contributed by atoms with Gasteiger partial charge in [0.15, 0.2) is 0 Å². The van der Waals surface area contributed by atoms with Crippen molar-refractivity contribution in [2.24, 2.45) is 0 Å². The lowest BCUT2D eigenvalue weighted by Gasteiger charge is -2.41. The number of aryl methyl sites for hydroxylation is 1. The first-order valence-electron chi connectivity index (χ1n) is 9.52. The molecule has 29 heavy (non-hydrogen) atoms. The summed E-state index contributed by atoms with van der Waals surface area (Å²) in [4.78, 5) is 15.2. The van der Waals surface area contributed by atoms with Crippen LogP contribution in [-0.4, -0.2) is 12.5 Å². The first kappa shape index (κ1) is 19.8. The van der Waals surface area contributed by atoms with Crippen LogP contribution in [0, 0.1) is 6.92 Å². The number of nitrogens with one attached hydrogen (secondary N) is 1. The Morgan fingerprint density at radius 2 is 1.45 bits per heavy atom. The minimum atomic E-state index is -0.183. The largest absolute Gasteiger partial charge is 0.376 e. The van der Waals surface area contributed by atoms with E-state index in [-0.39, 0.29) is 17.9 Å². The highest BCUT2D eigenvalue weighted by Gasteiger charge is 2.37. The Hall–Kier alpha value is -2.49. The van der Waals surface area contributed by atoms with Gasteiger partial charge in [-0.2, -0.15) is 0 Å². The van der Waals surface area contributed by atoms with E-state index in [1.165, 1.54) is 0 Å². The van der Waals surface area contributed by atoms with Crippen molar-refractivity contribution in [2.75, 3.05) is 16.8 Å². The van der Waals surface area contributed by atoms with Crippen molar-refractivity contribution < 1.29 is 4.79 Å². The number of carbonyl (C=O) groups is 1. The van der Waals surface area contributed by atoms with Crippen molar-refractivity contribution >= 4 is 46.2 Å². The molecular weight excluding hydrogens is 403 g/mol. The van der Waals surface area contributed by atoms with Gasteiger partial charge in [0.25, 0.3) is 5.91 Å². The molecule has 0 atom stereocenters.